The summed E-state index contributed by atoms with van der Waals surface area (Å²) in [4.78, 5) is 149. The van der Waals surface area contributed by atoms with Crippen molar-refractivity contribution in [3.8, 4) is 0 Å². The Bertz CT molecular complexity index is 4400. The Hall–Kier alpha value is -8.28. The number of hydrogen-bond donors (Lipinski definition) is 0. The van der Waals surface area contributed by atoms with Crippen molar-refractivity contribution in [3.05, 3.63) is 175 Å². The molecule has 15 rings (SSSR count). The van der Waals surface area contributed by atoms with E-state index in [4.69, 9.17) is 12.2 Å². The van der Waals surface area contributed by atoms with Crippen LogP contribution in [-0.2, 0) is 49.6 Å². The molecule has 8 heterocycles. The quantitative estimate of drug-likeness (QED) is 0.0367. The zero-order valence-corrected chi connectivity index (χ0v) is 62.5. The van der Waals surface area contributed by atoms with E-state index in [0.29, 0.717) is 69.0 Å². The SMILES string of the molecule is CCN1C(=O)/C(=C2\SC(=O)CC2=O)c2ccccc21.CCN1C(=O)/C(=C2\SC(=O)N(CCCCC3CCCCC3)C2=O)c2ccccc21.CCN1C(=O)/C(=C2\SC(=O)N(CCCCc3ccccc3)C2=O)c2ccccc21.O=C1CC(=S)S/C1=C1\C(=O)N(CCCC2CCCCC2)c2ccccc21. The predicted molar refractivity (Wildman–Crippen MR) is 417 cm³/mol. The average molecular weight is 1480 g/mol. The maximum atomic E-state index is 13.1. The molecule has 0 unspecified atom stereocenters. The van der Waals surface area contributed by atoms with E-state index >= 15 is 0 Å². The summed E-state index contributed by atoms with van der Waals surface area (Å²) in [7, 11) is 0. The van der Waals surface area contributed by atoms with Crippen LogP contribution in [0, 0.1) is 11.8 Å². The molecule has 0 bridgehead atoms. The van der Waals surface area contributed by atoms with Gasteiger partial charge >= 0.3 is 0 Å². The molecule has 103 heavy (non-hydrogen) atoms. The minimum Gasteiger partial charge on any atom is -0.308 e. The lowest BCUT2D eigenvalue weighted by Gasteiger charge is -2.23. The number of likely N-dealkylation sites (N-methyl/N-ethyl adjacent to an activating group) is 3. The number of fused-ring (bicyclic) bond motifs is 4. The third kappa shape index (κ3) is 16.0. The number of aryl methyl sites for hydroxylation is 1. The number of thioether (sulfide) groups is 4. The van der Waals surface area contributed by atoms with Crippen molar-refractivity contribution in [3.63, 3.8) is 0 Å². The normalized spacial score (nSPS) is 21.8. The van der Waals surface area contributed by atoms with Gasteiger partial charge in [-0.05, 0) is 136 Å². The Morgan fingerprint density at radius 3 is 1.12 bits per heavy atom. The largest absolute Gasteiger partial charge is 0.308 e. The molecular weight excluding hydrogens is 1390 g/mol. The second-order valence-corrected chi connectivity index (χ2v) is 31.7. The van der Waals surface area contributed by atoms with Crippen molar-refractivity contribution in [2.45, 2.75) is 149 Å². The van der Waals surface area contributed by atoms with Gasteiger partial charge in [0.25, 0.3) is 45.9 Å². The highest BCUT2D eigenvalue weighted by atomic mass is 32.2. The first-order valence-corrected chi connectivity index (χ1v) is 39.9. The number of rotatable bonds is 17. The van der Waals surface area contributed by atoms with E-state index < -0.39 is 0 Å². The number of carbonyl (C=O) groups is 11. The molecule has 0 aromatic heterocycles. The number of allylic oxidation sites excluding steroid dienone is 2. The number of thiocarbonyl (C=S) groups is 1. The van der Waals surface area contributed by atoms with Crippen LogP contribution in [0.2, 0.25) is 0 Å². The summed E-state index contributed by atoms with van der Waals surface area (Å²) in [6.45, 7) is 8.84. The van der Waals surface area contributed by atoms with Crippen molar-refractivity contribution in [1.82, 2.24) is 9.80 Å². The smallest absolute Gasteiger partial charge is 0.293 e. The summed E-state index contributed by atoms with van der Waals surface area (Å²) >= 11 is 9.19. The van der Waals surface area contributed by atoms with Gasteiger partial charge in [-0.15, -0.1) is 0 Å². The Morgan fingerprint density at radius 1 is 0.350 bits per heavy atom. The Balaban J connectivity index is 0.000000131. The summed E-state index contributed by atoms with van der Waals surface area (Å²) < 4.78 is 0.665. The zero-order valence-electron chi connectivity index (χ0n) is 58.4. The Morgan fingerprint density at radius 2 is 0.709 bits per heavy atom. The van der Waals surface area contributed by atoms with E-state index in [0.717, 1.165) is 137 Å². The highest BCUT2D eigenvalue weighted by Crippen LogP contribution is 2.49. The van der Waals surface area contributed by atoms with Crippen LogP contribution in [0.25, 0.3) is 22.3 Å². The second-order valence-electron chi connectivity index (χ2n) is 26.9. The third-order valence-electron chi connectivity index (χ3n) is 20.4. The molecule has 8 amide bonds. The molecule has 6 fully saturated rings. The number of imide groups is 2. The topological polar surface area (TPSA) is 207 Å². The minimum absolute atomic E-state index is 0.0118. The fraction of sp³-hybridized carbons (Fsp3) is 0.383. The predicted octanol–water partition coefficient (Wildman–Crippen LogP) is 16.8. The van der Waals surface area contributed by atoms with Crippen molar-refractivity contribution >= 4 is 171 Å². The molecule has 2 aliphatic carbocycles. The number of hydrogen-bond acceptors (Lipinski definition) is 16. The second kappa shape index (κ2) is 34.1. The zero-order chi connectivity index (χ0) is 72.4. The van der Waals surface area contributed by atoms with Gasteiger partial charge in [0.2, 0.25) is 5.12 Å². The van der Waals surface area contributed by atoms with E-state index in [1.165, 1.54) is 104 Å². The van der Waals surface area contributed by atoms with E-state index in [1.807, 2.05) is 141 Å². The number of nitrogens with zero attached hydrogens (tertiary/aromatic N) is 6. The van der Waals surface area contributed by atoms with Gasteiger partial charge in [0.05, 0.1) is 81.7 Å². The highest BCUT2D eigenvalue weighted by molar-refractivity contribution is 8.27. The lowest BCUT2D eigenvalue weighted by atomic mass is 9.86. The van der Waals surface area contributed by atoms with Crippen LogP contribution in [0.3, 0.4) is 0 Å². The summed E-state index contributed by atoms with van der Waals surface area (Å²) in [6, 6.07) is 40.3. The van der Waals surface area contributed by atoms with Crippen LogP contribution in [-0.4, -0.2) is 116 Å². The summed E-state index contributed by atoms with van der Waals surface area (Å²) in [5.74, 6) is 0.106. The van der Waals surface area contributed by atoms with Gasteiger partial charge in [-0.25, -0.2) is 0 Å². The minimum atomic E-state index is -0.351. The van der Waals surface area contributed by atoms with Crippen molar-refractivity contribution < 1.29 is 52.7 Å². The summed E-state index contributed by atoms with van der Waals surface area (Å²) in [6.07, 6.45) is 21.4. The van der Waals surface area contributed by atoms with Gasteiger partial charge in [0.1, 0.15) is 0 Å². The highest BCUT2D eigenvalue weighted by Gasteiger charge is 2.46. The Labute approximate surface area is 624 Å². The van der Waals surface area contributed by atoms with E-state index in [9.17, 15) is 52.7 Å². The maximum Gasteiger partial charge on any atom is 0.293 e. The standard InChI is InChI=1S/C23H28N2O3S.C23H22N2O3S.C21H23NO2S2.C14H11NO3S/c2*1-2-24-18-14-7-6-13-17(18)19(21(24)26)20-22(27)25(23(28)29-20)15-9-8-12-16-10-4-3-5-11-16;23-17-13-18(25)26-20(17)19-15-10-4-5-11-16(15)22(21(19)24)12-6-9-14-7-2-1-3-8-14;1-2-15-9-6-4-3-5-8(9)12(14(15)18)13-10(16)7-11(17)19-13/h6-7,13-14,16H,2-5,8-12,15H2,1H3;3-7,10-11,13-14H,2,8-9,12,15H2,1H3;4-5,10-11,14H,1-3,6-9,12-13H2;3-6H,2,7H2,1H3/b3*20-19-;13-12-. The van der Waals surface area contributed by atoms with Crippen molar-refractivity contribution in [2.24, 2.45) is 11.8 Å². The molecule has 5 aromatic rings. The first kappa shape index (κ1) is 74.4. The van der Waals surface area contributed by atoms with Gasteiger partial charge in [0, 0.05) is 61.5 Å². The molecule has 0 atom stereocenters. The van der Waals surface area contributed by atoms with E-state index in [2.05, 4.69) is 12.1 Å². The van der Waals surface area contributed by atoms with Crippen molar-refractivity contribution in [1.29, 1.82) is 0 Å². The fourth-order valence-corrected chi connectivity index (χ4v) is 19.4. The lowest BCUT2D eigenvalue weighted by Crippen LogP contribution is -2.30. The number of carbonyl (C=O) groups excluding carboxylic acids is 11. The maximum absolute atomic E-state index is 13.1. The fourth-order valence-electron chi connectivity index (χ4n) is 15.3. The van der Waals surface area contributed by atoms with Crippen molar-refractivity contribution in [2.75, 3.05) is 58.9 Å². The first-order chi connectivity index (χ1) is 50.0. The lowest BCUT2D eigenvalue weighted by molar-refractivity contribution is -0.123. The van der Waals surface area contributed by atoms with Gasteiger partial charge in [0.15, 0.2) is 11.6 Å². The molecule has 22 heteroatoms. The number of Topliss-reactive ketones (excluding diaryl/α,β-unsaturated/α-hetero) is 2. The molecule has 8 aliphatic heterocycles. The molecule has 17 nitrogen and oxygen atoms in total. The number of amides is 8. The molecule has 4 saturated heterocycles. The number of ketones is 2. The van der Waals surface area contributed by atoms with Gasteiger partial charge < -0.3 is 19.6 Å². The number of unbranched alkanes of at least 4 members (excludes halogenated alkanes) is 2. The molecule has 0 N–H and O–H groups in total. The molecule has 2 saturated carbocycles. The van der Waals surface area contributed by atoms with Gasteiger partial charge in [-0.3, -0.25) is 62.5 Å². The van der Waals surface area contributed by atoms with E-state index in [-0.39, 0.29) is 85.3 Å². The molecular formula is C81H84N6O11S5. The molecule has 10 aliphatic rings. The van der Waals surface area contributed by atoms with Gasteiger partial charge in [-0.1, -0.05) is 204 Å². The molecule has 0 spiro atoms. The molecule has 5 aromatic carbocycles. The van der Waals surface area contributed by atoms with Crippen LogP contribution in [0.4, 0.5) is 32.3 Å². The molecule has 534 valence electrons. The van der Waals surface area contributed by atoms with Crippen LogP contribution in [0.1, 0.15) is 171 Å². The van der Waals surface area contributed by atoms with Gasteiger partial charge in [-0.2, -0.15) is 0 Å². The number of benzene rings is 5. The van der Waals surface area contributed by atoms with Crippen LogP contribution in [0.15, 0.2) is 147 Å². The van der Waals surface area contributed by atoms with E-state index in [1.54, 1.807) is 14.7 Å². The molecule has 0 radical (unpaired) electrons. The third-order valence-corrected chi connectivity index (χ3v) is 24.8. The Kier molecular flexibility index (Phi) is 24.6. The van der Waals surface area contributed by atoms with Crippen LogP contribution < -0.4 is 19.6 Å². The average Bonchev–Trinajstić information content (AvgIpc) is 1.62. The summed E-state index contributed by atoms with van der Waals surface area (Å²) in [5.41, 5.74) is 9.42. The first-order valence-electron chi connectivity index (χ1n) is 36.2. The monoisotopic (exact) mass is 1480 g/mol. The summed E-state index contributed by atoms with van der Waals surface area (Å²) in [5, 5.41) is -0.736. The van der Waals surface area contributed by atoms with Crippen LogP contribution >= 0.6 is 59.3 Å². The van der Waals surface area contributed by atoms with Crippen LogP contribution in [0.5, 0.6) is 0 Å². The number of para-hydroxylation sites is 4. The number of anilines is 4.